The largest absolute Gasteiger partial charge is 0.317 e. The van der Waals surface area contributed by atoms with Crippen LogP contribution < -0.4 is 0 Å². The third kappa shape index (κ3) is 3.85. The molecule has 0 aromatic carbocycles. The van der Waals surface area contributed by atoms with Gasteiger partial charge in [-0.25, -0.2) is 0 Å². The molecule has 0 amide bonds. The third-order valence-electron chi connectivity index (χ3n) is 1.14. The van der Waals surface area contributed by atoms with Crippen molar-refractivity contribution in [2.24, 2.45) is 0 Å². The highest BCUT2D eigenvalue weighted by Gasteiger charge is 2.11. The Kier molecular flexibility index (Phi) is 3.09. The van der Waals surface area contributed by atoms with E-state index < -0.39 is 0 Å². The van der Waals surface area contributed by atoms with Crippen LogP contribution in [0, 0.1) is 0 Å². The molecule has 0 heterocycles. The topological polar surface area (TPSA) is 34.1 Å². The molecular formula is C6H12NO2+. The van der Waals surface area contributed by atoms with Crippen LogP contribution in [-0.4, -0.2) is 44.2 Å². The van der Waals surface area contributed by atoms with Crippen LogP contribution in [0.2, 0.25) is 0 Å². The van der Waals surface area contributed by atoms with E-state index in [9.17, 15) is 9.59 Å². The van der Waals surface area contributed by atoms with Crippen LogP contribution in [-0.2, 0) is 9.59 Å². The molecule has 0 atom stereocenters. The molecule has 0 saturated heterocycles. The Hall–Kier alpha value is -0.700. The lowest BCUT2D eigenvalue weighted by Gasteiger charge is -2.23. The lowest BCUT2D eigenvalue weighted by molar-refractivity contribution is -0.872. The van der Waals surface area contributed by atoms with Crippen LogP contribution in [0.5, 0.6) is 0 Å². The Morgan fingerprint density at radius 2 is 1.44 bits per heavy atom. The van der Waals surface area contributed by atoms with E-state index in [4.69, 9.17) is 0 Å². The molecule has 0 radical (unpaired) electrons. The fourth-order valence-electron chi connectivity index (χ4n) is 0.478. The van der Waals surface area contributed by atoms with Crippen molar-refractivity contribution in [3.8, 4) is 0 Å². The highest BCUT2D eigenvalue weighted by atomic mass is 16.1. The Balaban J connectivity index is 3.68. The molecule has 0 spiro atoms. The van der Waals surface area contributed by atoms with E-state index >= 15 is 0 Å². The molecule has 0 rings (SSSR count). The summed E-state index contributed by atoms with van der Waals surface area (Å²) in [5.74, 6) is 0. The maximum Gasteiger partial charge on any atom is 0.174 e. The number of hydrogen-bond acceptors (Lipinski definition) is 2. The average molecular weight is 130 g/mol. The predicted octanol–water partition coefficient (Wildman–Crippen LogP) is -0.539. The Morgan fingerprint density at radius 3 is 1.67 bits per heavy atom. The molecule has 0 aliphatic carbocycles. The van der Waals surface area contributed by atoms with Crippen molar-refractivity contribution >= 4 is 12.6 Å². The van der Waals surface area contributed by atoms with Crippen LogP contribution in [0.1, 0.15) is 0 Å². The Morgan fingerprint density at radius 1 is 1.11 bits per heavy atom. The molecule has 3 nitrogen and oxygen atoms in total. The minimum absolute atomic E-state index is 0.402. The normalized spacial score (nSPS) is 10.9. The van der Waals surface area contributed by atoms with Crippen molar-refractivity contribution in [2.75, 3.05) is 27.2 Å². The maximum absolute atomic E-state index is 9.96. The third-order valence-corrected chi connectivity index (χ3v) is 1.14. The first kappa shape index (κ1) is 8.30. The summed E-state index contributed by atoms with van der Waals surface area (Å²) in [6.07, 6.45) is 1.65. The van der Waals surface area contributed by atoms with Gasteiger partial charge in [0.15, 0.2) is 12.6 Å². The second-order valence-corrected chi connectivity index (χ2v) is 2.63. The lowest BCUT2D eigenvalue weighted by atomic mass is 10.5. The van der Waals surface area contributed by atoms with Gasteiger partial charge < -0.3 is 4.48 Å². The molecule has 0 aliphatic heterocycles. The number of hydrogen-bond donors (Lipinski definition) is 0. The SMILES string of the molecule is C[N+](C)(CC=O)CC=O. The number of quaternary nitrogens is 1. The van der Waals surface area contributed by atoms with E-state index in [0.29, 0.717) is 17.6 Å². The molecule has 0 aromatic heterocycles. The zero-order valence-corrected chi connectivity index (χ0v) is 5.83. The summed E-state index contributed by atoms with van der Waals surface area (Å²) in [6.45, 7) is 0.803. The van der Waals surface area contributed by atoms with Gasteiger partial charge in [-0.2, -0.15) is 0 Å². The summed E-state index contributed by atoms with van der Waals surface area (Å²) in [5, 5.41) is 0. The molecule has 0 N–H and O–H groups in total. The number of nitrogens with zero attached hydrogens (tertiary/aromatic N) is 1. The van der Waals surface area contributed by atoms with Crippen LogP contribution >= 0.6 is 0 Å². The van der Waals surface area contributed by atoms with Gasteiger partial charge in [0.2, 0.25) is 0 Å². The lowest BCUT2D eigenvalue weighted by Crippen LogP contribution is -2.42. The highest BCUT2D eigenvalue weighted by Crippen LogP contribution is 1.89. The molecule has 0 unspecified atom stereocenters. The summed E-state index contributed by atoms with van der Waals surface area (Å²) in [5.41, 5.74) is 0. The zero-order chi connectivity index (χ0) is 7.33. The number of carbonyl (C=O) groups is 2. The number of rotatable bonds is 4. The van der Waals surface area contributed by atoms with E-state index in [1.54, 1.807) is 0 Å². The van der Waals surface area contributed by atoms with Crippen LogP contribution in [0.15, 0.2) is 0 Å². The summed E-state index contributed by atoms with van der Waals surface area (Å²) in [6, 6.07) is 0. The fourth-order valence-corrected chi connectivity index (χ4v) is 0.478. The van der Waals surface area contributed by atoms with Crippen LogP contribution in [0.4, 0.5) is 0 Å². The summed E-state index contributed by atoms with van der Waals surface area (Å²) >= 11 is 0. The van der Waals surface area contributed by atoms with Gasteiger partial charge in [0.1, 0.15) is 13.1 Å². The molecule has 9 heavy (non-hydrogen) atoms. The minimum atomic E-state index is 0.402. The fraction of sp³-hybridized carbons (Fsp3) is 0.667. The zero-order valence-electron chi connectivity index (χ0n) is 5.83. The first-order valence-corrected chi connectivity index (χ1v) is 2.81. The van der Waals surface area contributed by atoms with Gasteiger partial charge in [0.25, 0.3) is 0 Å². The molecule has 0 aliphatic rings. The average Bonchev–Trinajstić information content (AvgIpc) is 1.64. The Labute approximate surface area is 54.9 Å². The summed E-state index contributed by atoms with van der Waals surface area (Å²) in [7, 11) is 3.67. The van der Waals surface area contributed by atoms with Crippen LogP contribution in [0.25, 0.3) is 0 Å². The standard InChI is InChI=1S/C6H12NO2/c1-7(2,3-5-8)4-6-9/h5-6H,3-4H2,1-2H3/q+1. The van der Waals surface area contributed by atoms with Gasteiger partial charge in [-0.1, -0.05) is 0 Å². The van der Waals surface area contributed by atoms with E-state index in [1.807, 2.05) is 14.1 Å². The monoisotopic (exact) mass is 130 g/mol. The van der Waals surface area contributed by atoms with Crippen molar-refractivity contribution in [2.45, 2.75) is 0 Å². The van der Waals surface area contributed by atoms with Crippen LogP contribution in [0.3, 0.4) is 0 Å². The van der Waals surface area contributed by atoms with Gasteiger partial charge >= 0.3 is 0 Å². The maximum atomic E-state index is 9.96. The number of carbonyl (C=O) groups excluding carboxylic acids is 2. The first-order valence-electron chi connectivity index (χ1n) is 2.81. The Bertz CT molecular complexity index is 97.6. The second-order valence-electron chi connectivity index (χ2n) is 2.63. The van der Waals surface area contributed by atoms with E-state index in [2.05, 4.69) is 0 Å². The van der Waals surface area contributed by atoms with Crippen molar-refractivity contribution in [3.05, 3.63) is 0 Å². The van der Waals surface area contributed by atoms with Gasteiger partial charge in [-0.05, 0) is 0 Å². The summed E-state index contributed by atoms with van der Waals surface area (Å²) < 4.78 is 0.451. The van der Waals surface area contributed by atoms with Crippen molar-refractivity contribution in [3.63, 3.8) is 0 Å². The van der Waals surface area contributed by atoms with Gasteiger partial charge in [-0.3, -0.25) is 9.59 Å². The first-order chi connectivity index (χ1) is 4.12. The quantitative estimate of drug-likeness (QED) is 0.378. The molecule has 0 saturated carbocycles. The van der Waals surface area contributed by atoms with Crippen molar-refractivity contribution in [1.82, 2.24) is 0 Å². The highest BCUT2D eigenvalue weighted by molar-refractivity contribution is 5.53. The molecule has 0 fully saturated rings. The van der Waals surface area contributed by atoms with Crippen molar-refractivity contribution in [1.29, 1.82) is 0 Å². The van der Waals surface area contributed by atoms with Gasteiger partial charge in [-0.15, -0.1) is 0 Å². The van der Waals surface area contributed by atoms with Gasteiger partial charge in [0, 0.05) is 0 Å². The van der Waals surface area contributed by atoms with E-state index in [1.165, 1.54) is 0 Å². The van der Waals surface area contributed by atoms with E-state index in [0.717, 1.165) is 12.6 Å². The predicted molar refractivity (Wildman–Crippen MR) is 34.0 cm³/mol. The number of likely N-dealkylation sites (N-methyl/N-ethyl adjacent to an activating group) is 1. The summed E-state index contributed by atoms with van der Waals surface area (Å²) in [4.78, 5) is 19.9. The number of aldehydes is 2. The molecule has 0 bridgehead atoms. The molecule has 52 valence electrons. The molecule has 0 aromatic rings. The van der Waals surface area contributed by atoms with E-state index in [-0.39, 0.29) is 0 Å². The molecule has 3 heteroatoms. The van der Waals surface area contributed by atoms with Gasteiger partial charge in [0.05, 0.1) is 14.1 Å². The smallest absolute Gasteiger partial charge is 0.174 e. The second kappa shape index (κ2) is 3.35. The molecular weight excluding hydrogens is 118 g/mol. The minimum Gasteiger partial charge on any atom is -0.317 e. The van der Waals surface area contributed by atoms with Crippen molar-refractivity contribution < 1.29 is 14.1 Å².